The molecule has 3 heterocycles. The van der Waals surface area contributed by atoms with E-state index >= 15 is 0 Å². The minimum Gasteiger partial charge on any atom is -0.463 e. The first-order valence-corrected chi connectivity index (χ1v) is 12.4. The van der Waals surface area contributed by atoms with Crippen molar-refractivity contribution in [2.24, 2.45) is 0 Å². The lowest BCUT2D eigenvalue weighted by molar-refractivity contribution is 0.0937. The number of rotatable bonds is 8. The highest BCUT2D eigenvalue weighted by Gasteiger charge is 2.27. The first-order valence-electron chi connectivity index (χ1n) is 11.6. The molecule has 9 heteroatoms. The lowest BCUT2D eigenvalue weighted by Gasteiger charge is -2.14. The molecule has 182 valence electrons. The Kier molecular flexibility index (Phi) is 6.70. The molecule has 0 radical (unpaired) electrons. The standard InChI is InChI=1S/C26H26FN3O4S/c1-33-12-10-28-25(32)23-18-7-2-3-8-22(18)35-26(23)29-24(31)20-14-21-19(9-11-34-21)30(20)15-16-5-4-6-17(27)13-16/h4-6,9,11,13-14H,2-3,7-8,10,12,15H2,1H3,(H,28,32)(H,29,31). The summed E-state index contributed by atoms with van der Waals surface area (Å²) in [5.74, 6) is -0.893. The molecule has 0 unspecified atom stereocenters. The summed E-state index contributed by atoms with van der Waals surface area (Å²) in [6, 6.07) is 9.75. The Bertz CT molecular complexity index is 1390. The van der Waals surface area contributed by atoms with Crippen LogP contribution < -0.4 is 10.6 Å². The molecule has 0 saturated heterocycles. The normalized spacial score (nSPS) is 13.1. The van der Waals surface area contributed by atoms with Gasteiger partial charge in [0, 0.05) is 37.2 Å². The Morgan fingerprint density at radius 1 is 1.17 bits per heavy atom. The highest BCUT2D eigenvalue weighted by Crippen LogP contribution is 2.38. The van der Waals surface area contributed by atoms with Gasteiger partial charge in [-0.3, -0.25) is 9.59 Å². The van der Waals surface area contributed by atoms with Gasteiger partial charge in [-0.05, 0) is 48.9 Å². The van der Waals surface area contributed by atoms with E-state index in [0.717, 1.165) is 47.2 Å². The van der Waals surface area contributed by atoms with Crippen LogP contribution in [0.4, 0.5) is 9.39 Å². The van der Waals surface area contributed by atoms with Crippen molar-refractivity contribution in [3.8, 4) is 0 Å². The monoisotopic (exact) mass is 495 g/mol. The number of fused-ring (bicyclic) bond motifs is 2. The van der Waals surface area contributed by atoms with E-state index in [9.17, 15) is 14.0 Å². The van der Waals surface area contributed by atoms with Crippen molar-refractivity contribution >= 4 is 39.3 Å². The minimum absolute atomic E-state index is 0.208. The van der Waals surface area contributed by atoms with Crippen molar-refractivity contribution in [3.63, 3.8) is 0 Å². The fraction of sp³-hybridized carbons (Fsp3) is 0.308. The molecule has 35 heavy (non-hydrogen) atoms. The summed E-state index contributed by atoms with van der Waals surface area (Å²) in [6.07, 6.45) is 5.36. The van der Waals surface area contributed by atoms with Crippen LogP contribution in [-0.4, -0.2) is 36.6 Å². The molecule has 0 bridgehead atoms. The second kappa shape index (κ2) is 10.1. The van der Waals surface area contributed by atoms with Crippen LogP contribution in [0.5, 0.6) is 0 Å². The van der Waals surface area contributed by atoms with Gasteiger partial charge in [0.25, 0.3) is 11.8 Å². The zero-order valence-corrected chi connectivity index (χ0v) is 20.2. The zero-order chi connectivity index (χ0) is 24.4. The number of nitrogens with one attached hydrogen (secondary N) is 2. The van der Waals surface area contributed by atoms with Crippen molar-refractivity contribution in [2.45, 2.75) is 32.2 Å². The van der Waals surface area contributed by atoms with Crippen molar-refractivity contribution in [1.82, 2.24) is 9.88 Å². The van der Waals surface area contributed by atoms with Crippen LogP contribution in [0.2, 0.25) is 0 Å². The maximum absolute atomic E-state index is 13.8. The van der Waals surface area contributed by atoms with Gasteiger partial charge < -0.3 is 24.4 Å². The van der Waals surface area contributed by atoms with Gasteiger partial charge in [0.1, 0.15) is 16.5 Å². The van der Waals surface area contributed by atoms with E-state index in [-0.39, 0.29) is 17.6 Å². The highest BCUT2D eigenvalue weighted by molar-refractivity contribution is 7.17. The van der Waals surface area contributed by atoms with Gasteiger partial charge in [0.15, 0.2) is 5.58 Å². The van der Waals surface area contributed by atoms with Gasteiger partial charge in [-0.25, -0.2) is 4.39 Å². The number of amides is 2. The average molecular weight is 496 g/mol. The fourth-order valence-corrected chi connectivity index (χ4v) is 5.85. The van der Waals surface area contributed by atoms with Gasteiger partial charge in [-0.2, -0.15) is 0 Å². The first kappa shape index (κ1) is 23.3. The van der Waals surface area contributed by atoms with Crippen molar-refractivity contribution in [1.29, 1.82) is 0 Å². The SMILES string of the molecule is COCCNC(=O)c1c(NC(=O)c2cc3occc3n2Cc2cccc(F)c2)sc2c1CCCC2. The molecule has 2 N–H and O–H groups in total. The third kappa shape index (κ3) is 4.74. The molecule has 0 fully saturated rings. The van der Waals surface area contributed by atoms with Gasteiger partial charge >= 0.3 is 0 Å². The van der Waals surface area contributed by atoms with Crippen molar-refractivity contribution in [3.05, 3.63) is 75.7 Å². The largest absolute Gasteiger partial charge is 0.463 e. The van der Waals surface area contributed by atoms with E-state index in [1.165, 1.54) is 23.5 Å². The quantitative estimate of drug-likeness (QED) is 0.337. The maximum atomic E-state index is 13.8. The Hall–Kier alpha value is -3.43. The molecule has 5 rings (SSSR count). The van der Waals surface area contributed by atoms with Gasteiger partial charge in [0.05, 0.1) is 24.0 Å². The smallest absolute Gasteiger partial charge is 0.273 e. The lowest BCUT2D eigenvalue weighted by Crippen LogP contribution is -2.29. The van der Waals surface area contributed by atoms with Crippen LogP contribution in [0.25, 0.3) is 11.1 Å². The minimum atomic E-state index is -0.350. The molecule has 1 aliphatic rings. The zero-order valence-electron chi connectivity index (χ0n) is 19.4. The molecule has 1 aliphatic carbocycles. The fourth-order valence-electron chi connectivity index (χ4n) is 4.57. The number of aromatic nitrogens is 1. The van der Waals surface area contributed by atoms with E-state index in [2.05, 4.69) is 10.6 Å². The maximum Gasteiger partial charge on any atom is 0.273 e. The number of methoxy groups -OCH3 is 1. The van der Waals surface area contributed by atoms with Crippen LogP contribution in [0.1, 0.15) is 49.7 Å². The number of thiophene rings is 1. The van der Waals surface area contributed by atoms with Gasteiger partial charge in [-0.1, -0.05) is 12.1 Å². The van der Waals surface area contributed by atoms with Crippen molar-refractivity contribution < 1.29 is 23.1 Å². The lowest BCUT2D eigenvalue weighted by atomic mass is 9.95. The number of halogens is 1. The van der Waals surface area contributed by atoms with Crippen LogP contribution in [0.3, 0.4) is 0 Å². The number of ether oxygens (including phenoxy) is 1. The predicted octanol–water partition coefficient (Wildman–Crippen LogP) is 4.99. The summed E-state index contributed by atoms with van der Waals surface area (Å²) in [4.78, 5) is 27.7. The molecule has 2 amide bonds. The molecule has 7 nitrogen and oxygen atoms in total. The summed E-state index contributed by atoms with van der Waals surface area (Å²) >= 11 is 1.47. The molecular weight excluding hydrogens is 469 g/mol. The molecular formula is C26H26FN3O4S. The Morgan fingerprint density at radius 3 is 2.86 bits per heavy atom. The molecule has 0 aliphatic heterocycles. The number of benzene rings is 1. The number of aryl methyl sites for hydroxylation is 1. The summed E-state index contributed by atoms with van der Waals surface area (Å²) < 4.78 is 26.2. The number of nitrogens with zero attached hydrogens (tertiary/aromatic N) is 1. The van der Waals surface area contributed by atoms with Crippen LogP contribution in [0.15, 0.2) is 47.1 Å². The molecule has 3 aromatic heterocycles. The Balaban J connectivity index is 1.47. The number of hydrogen-bond acceptors (Lipinski definition) is 5. The number of anilines is 1. The third-order valence-corrected chi connectivity index (χ3v) is 7.41. The topological polar surface area (TPSA) is 85.5 Å². The summed E-state index contributed by atoms with van der Waals surface area (Å²) in [5.41, 5.74) is 3.97. The molecule has 0 spiro atoms. The second-order valence-electron chi connectivity index (χ2n) is 8.53. The summed E-state index contributed by atoms with van der Waals surface area (Å²) in [7, 11) is 1.58. The first-order chi connectivity index (χ1) is 17.0. The summed E-state index contributed by atoms with van der Waals surface area (Å²) in [5, 5.41) is 6.43. The number of furan rings is 1. The summed E-state index contributed by atoms with van der Waals surface area (Å²) in [6.45, 7) is 1.10. The number of hydrogen-bond donors (Lipinski definition) is 2. The van der Waals surface area contributed by atoms with E-state index in [0.29, 0.717) is 41.5 Å². The van der Waals surface area contributed by atoms with E-state index in [1.807, 2.05) is 6.07 Å². The van der Waals surface area contributed by atoms with E-state index in [1.54, 1.807) is 36.1 Å². The van der Waals surface area contributed by atoms with Crippen LogP contribution in [0, 0.1) is 5.82 Å². The van der Waals surface area contributed by atoms with Crippen LogP contribution in [-0.2, 0) is 24.1 Å². The predicted molar refractivity (Wildman–Crippen MR) is 133 cm³/mol. The Morgan fingerprint density at radius 2 is 2.03 bits per heavy atom. The van der Waals surface area contributed by atoms with Crippen molar-refractivity contribution in [2.75, 3.05) is 25.6 Å². The van der Waals surface area contributed by atoms with E-state index < -0.39 is 0 Å². The average Bonchev–Trinajstić information content (AvgIpc) is 3.53. The number of carbonyl (C=O) groups excluding carboxylic acids is 2. The molecule has 4 aromatic rings. The Labute approximate surface area is 205 Å². The van der Waals surface area contributed by atoms with Gasteiger partial charge in [0.2, 0.25) is 0 Å². The highest BCUT2D eigenvalue weighted by atomic mass is 32.1. The molecule has 0 atom stereocenters. The molecule has 0 saturated carbocycles. The van der Waals surface area contributed by atoms with Gasteiger partial charge in [-0.15, -0.1) is 11.3 Å². The third-order valence-electron chi connectivity index (χ3n) is 6.20. The van der Waals surface area contributed by atoms with E-state index in [4.69, 9.17) is 9.15 Å². The molecule has 1 aromatic carbocycles. The second-order valence-corrected chi connectivity index (χ2v) is 9.64. The number of carbonyl (C=O) groups is 2. The van der Waals surface area contributed by atoms with Crippen LogP contribution >= 0.6 is 11.3 Å².